The fraction of sp³-hybridized carbons (Fsp3) is 0.871. The van der Waals surface area contributed by atoms with E-state index in [4.69, 9.17) is 28.2 Å². The maximum absolute atomic E-state index is 13.0. The van der Waals surface area contributed by atoms with Crippen LogP contribution in [0.5, 0.6) is 0 Å². The zero-order valence-corrected chi connectivity index (χ0v) is 31.1. The molecule has 20 heteroatoms. The van der Waals surface area contributed by atoms with Gasteiger partial charge in [0.05, 0.1) is 24.9 Å². The van der Waals surface area contributed by atoms with Crippen molar-refractivity contribution in [3.05, 3.63) is 0 Å². The van der Waals surface area contributed by atoms with Gasteiger partial charge in [0.25, 0.3) is 0 Å². The van der Waals surface area contributed by atoms with Gasteiger partial charge in [0.1, 0.15) is 18.8 Å². The summed E-state index contributed by atoms with van der Waals surface area (Å²) in [5.74, 6) is -5.83. The Morgan fingerprint density at radius 1 is 0.922 bits per heavy atom. The molecule has 1 saturated heterocycles. The number of carbonyl (C=O) groups is 4. The molecule has 294 valence electrons. The lowest BCUT2D eigenvalue weighted by atomic mass is 9.46. The Hall–Kier alpha value is -2.46. The second-order valence-corrected chi connectivity index (χ2v) is 16.8. The van der Waals surface area contributed by atoms with Crippen LogP contribution >= 0.6 is 0 Å². The molecule has 0 amide bonds. The maximum atomic E-state index is 13.0. The van der Waals surface area contributed by atoms with Crippen LogP contribution in [0, 0.1) is 34.5 Å². The smallest absolute Gasteiger partial charge is 0.397 e. The van der Waals surface area contributed by atoms with Crippen molar-refractivity contribution in [1.82, 2.24) is 0 Å². The topological polar surface area (TPSA) is 273 Å². The number of carboxylic acids is 2. The molecule has 51 heavy (non-hydrogen) atoms. The molecule has 0 radical (unpaired) electrons. The van der Waals surface area contributed by atoms with Crippen molar-refractivity contribution < 1.29 is 82.6 Å². The summed E-state index contributed by atoms with van der Waals surface area (Å²) in [6, 6.07) is 0. The third kappa shape index (κ3) is 11.3. The minimum atomic E-state index is -5.51. The van der Waals surface area contributed by atoms with Gasteiger partial charge < -0.3 is 29.2 Å². The fourth-order valence-corrected chi connectivity index (χ4v) is 8.97. The van der Waals surface area contributed by atoms with E-state index < -0.39 is 112 Å². The van der Waals surface area contributed by atoms with Crippen LogP contribution in [0.3, 0.4) is 0 Å². The first-order chi connectivity index (χ1) is 23.4. The van der Waals surface area contributed by atoms with Crippen molar-refractivity contribution in [1.29, 1.82) is 0 Å². The van der Waals surface area contributed by atoms with Gasteiger partial charge in [-0.25, -0.2) is 8.37 Å². The number of hydrogen-bond donors (Lipinski definition) is 4. The van der Waals surface area contributed by atoms with Crippen molar-refractivity contribution in [2.45, 2.75) is 130 Å². The Kier molecular flexibility index (Phi) is 14.1. The van der Waals surface area contributed by atoms with Crippen molar-refractivity contribution >= 4 is 44.7 Å². The maximum Gasteiger partial charge on any atom is 0.397 e. The highest BCUT2D eigenvalue weighted by Gasteiger charge is 2.59. The van der Waals surface area contributed by atoms with Crippen molar-refractivity contribution in [3.63, 3.8) is 0 Å². The van der Waals surface area contributed by atoms with Gasteiger partial charge in [0.15, 0.2) is 18.5 Å². The molecule has 4 N–H and O–H groups in total. The van der Waals surface area contributed by atoms with E-state index in [-0.39, 0.29) is 42.4 Å². The van der Waals surface area contributed by atoms with Crippen LogP contribution in [-0.2, 0) is 67.3 Å². The van der Waals surface area contributed by atoms with E-state index in [1.807, 2.05) is 6.92 Å². The average molecular weight is 775 g/mol. The lowest BCUT2D eigenvalue weighted by Crippen LogP contribution is -2.64. The van der Waals surface area contributed by atoms with Crippen LogP contribution in [0.15, 0.2) is 0 Å². The van der Waals surface area contributed by atoms with Gasteiger partial charge in [-0.15, -0.1) is 0 Å². The number of ether oxygens (including phenoxy) is 4. The molecule has 3 rings (SSSR count). The van der Waals surface area contributed by atoms with Crippen molar-refractivity contribution in [2.24, 2.45) is 34.5 Å². The SMILES string of the molecule is CCC1(C)CCC2C(C(=O)O)CC(O[C@@H]3O[C@@H](COC(=O)CCC(=O)O)[C@@H](OS(=O)(=O)O)[C@H](OS(=O)(=O)O)C3OC(=O)CC(C)C)CC2(C)C1C. The Labute approximate surface area is 297 Å². The van der Waals surface area contributed by atoms with E-state index in [0.29, 0.717) is 6.42 Å². The minimum absolute atomic E-state index is 0.00931. The summed E-state index contributed by atoms with van der Waals surface area (Å²) in [6.45, 7) is 10.6. The largest absolute Gasteiger partial charge is 0.481 e. The van der Waals surface area contributed by atoms with Crippen LogP contribution in [0.4, 0.5) is 0 Å². The predicted molar refractivity (Wildman–Crippen MR) is 172 cm³/mol. The highest BCUT2D eigenvalue weighted by atomic mass is 32.3. The van der Waals surface area contributed by atoms with Crippen LogP contribution in [0.2, 0.25) is 0 Å². The summed E-state index contributed by atoms with van der Waals surface area (Å²) >= 11 is 0. The molecule has 0 aromatic heterocycles. The number of hydrogen-bond acceptors (Lipinski definition) is 14. The molecule has 0 aromatic carbocycles. The molecule has 3 aliphatic rings. The first-order valence-corrected chi connectivity index (χ1v) is 19.5. The van der Waals surface area contributed by atoms with Gasteiger partial charge in [0.2, 0.25) is 0 Å². The van der Waals surface area contributed by atoms with Crippen LogP contribution in [0.1, 0.15) is 92.9 Å². The molecule has 0 spiro atoms. The standard InChI is InChI=1S/C31H50O18S2/c1-7-30(5)11-10-20-19(28(36)37)13-18(14-31(20,6)17(30)4)45-29-27(47-24(35)12-16(2)3)26(49-51(41,42)43)25(48-50(38,39)40)21(46-29)15-44-23(34)9-8-22(32)33/h16-21,25-27,29H,7-15H2,1-6H3,(H,32,33)(H,36,37)(H,38,39,40)(H,41,42,43)/t17?,18?,19?,20?,21-,25+,26-,27?,29+,30?,31?/m0/s1. The highest BCUT2D eigenvalue weighted by Crippen LogP contribution is 2.62. The number of carboxylic acid groups (broad SMARTS) is 2. The van der Waals surface area contributed by atoms with E-state index in [0.717, 1.165) is 12.8 Å². The summed E-state index contributed by atoms with van der Waals surface area (Å²) in [5.41, 5.74) is -0.718. The van der Waals surface area contributed by atoms with Gasteiger partial charge in [-0.05, 0) is 54.3 Å². The van der Waals surface area contributed by atoms with Crippen LogP contribution in [0.25, 0.3) is 0 Å². The van der Waals surface area contributed by atoms with E-state index in [2.05, 4.69) is 25.0 Å². The third-order valence-electron chi connectivity index (χ3n) is 10.9. The summed E-state index contributed by atoms with van der Waals surface area (Å²) in [6.07, 6.45) is -10.3. The molecular weight excluding hydrogens is 724 g/mol. The number of aliphatic carboxylic acids is 2. The average Bonchev–Trinajstić information content (AvgIpc) is 2.98. The minimum Gasteiger partial charge on any atom is -0.481 e. The molecule has 7 unspecified atom stereocenters. The van der Waals surface area contributed by atoms with E-state index in [1.54, 1.807) is 13.8 Å². The van der Waals surface area contributed by atoms with Gasteiger partial charge >= 0.3 is 44.7 Å². The normalized spacial score (nSPS) is 35.8. The van der Waals surface area contributed by atoms with Gasteiger partial charge in [-0.1, -0.05) is 48.0 Å². The summed E-state index contributed by atoms with van der Waals surface area (Å²) < 4.78 is 99.9. The molecule has 3 fully saturated rings. The lowest BCUT2D eigenvalue weighted by molar-refractivity contribution is -0.315. The quantitative estimate of drug-likeness (QED) is 0.0997. The van der Waals surface area contributed by atoms with E-state index in [9.17, 15) is 50.2 Å². The number of carbonyl (C=O) groups excluding carboxylic acids is 2. The van der Waals surface area contributed by atoms with E-state index in [1.165, 1.54) is 0 Å². The monoisotopic (exact) mass is 774 g/mol. The van der Waals surface area contributed by atoms with Gasteiger partial charge in [-0.2, -0.15) is 16.8 Å². The summed E-state index contributed by atoms with van der Waals surface area (Å²) in [5, 5.41) is 19.2. The second-order valence-electron chi connectivity index (χ2n) is 14.7. The molecule has 11 atom stereocenters. The first kappa shape index (κ1) is 42.9. The van der Waals surface area contributed by atoms with E-state index >= 15 is 0 Å². The molecule has 1 heterocycles. The van der Waals surface area contributed by atoms with Crippen LogP contribution in [-0.4, -0.2) is 103 Å². The molecule has 1 aliphatic heterocycles. The first-order valence-electron chi connectivity index (χ1n) is 16.8. The lowest BCUT2D eigenvalue weighted by Gasteiger charge is -2.60. The molecule has 0 aromatic rings. The second kappa shape index (κ2) is 16.7. The Morgan fingerprint density at radius 3 is 2.06 bits per heavy atom. The fourth-order valence-electron chi connectivity index (χ4n) is 7.95. The molecule has 0 bridgehead atoms. The number of esters is 2. The Morgan fingerprint density at radius 2 is 1.53 bits per heavy atom. The third-order valence-corrected chi connectivity index (χ3v) is 11.8. The predicted octanol–water partition coefficient (Wildman–Crippen LogP) is 2.80. The zero-order valence-electron chi connectivity index (χ0n) is 29.5. The molecule has 2 aliphatic carbocycles. The Balaban J connectivity index is 2.10. The zero-order chi connectivity index (χ0) is 38.7. The van der Waals surface area contributed by atoms with Gasteiger partial charge in [0, 0.05) is 6.42 Å². The summed E-state index contributed by atoms with van der Waals surface area (Å²) in [7, 11) is -11.0. The summed E-state index contributed by atoms with van der Waals surface area (Å²) in [4.78, 5) is 48.9. The molecular formula is C31H50O18S2. The number of rotatable bonds is 16. The van der Waals surface area contributed by atoms with Crippen molar-refractivity contribution in [2.75, 3.05) is 6.61 Å². The highest BCUT2D eigenvalue weighted by molar-refractivity contribution is 7.81. The molecule has 18 nitrogen and oxygen atoms in total. The molecule has 2 saturated carbocycles. The van der Waals surface area contributed by atoms with Crippen LogP contribution < -0.4 is 0 Å². The number of fused-ring (bicyclic) bond motifs is 1. The van der Waals surface area contributed by atoms with Gasteiger partial charge in [-0.3, -0.25) is 28.3 Å². The van der Waals surface area contributed by atoms with Crippen molar-refractivity contribution in [3.8, 4) is 0 Å². The Bertz CT molecular complexity index is 1500.